The van der Waals surface area contributed by atoms with Gasteiger partial charge in [-0.2, -0.15) is 0 Å². The molecule has 0 unspecified atom stereocenters. The minimum Gasteiger partial charge on any atom is -0.371 e. The maximum absolute atomic E-state index is 11.9. The van der Waals surface area contributed by atoms with Gasteiger partial charge in [0, 0.05) is 43.5 Å². The number of nitrogens with one attached hydrogen (secondary N) is 3. The molecule has 0 aliphatic carbocycles. The van der Waals surface area contributed by atoms with Gasteiger partial charge in [-0.1, -0.05) is 20.8 Å². The van der Waals surface area contributed by atoms with Gasteiger partial charge in [-0.25, -0.2) is 4.79 Å². The molecule has 0 atom stereocenters. The number of hydrogen-bond acceptors (Lipinski definition) is 3. The average molecular weight is 361 g/mol. The molecule has 0 radical (unpaired) electrons. The predicted molar refractivity (Wildman–Crippen MR) is 107 cm³/mol. The van der Waals surface area contributed by atoms with E-state index in [2.05, 4.69) is 41.6 Å². The molecule has 2 rings (SSSR count). The highest BCUT2D eigenvalue weighted by Crippen LogP contribution is 2.24. The van der Waals surface area contributed by atoms with Crippen LogP contribution in [0.5, 0.6) is 0 Å². The molecular formula is C20H32N4O2. The Labute approximate surface area is 156 Å². The second-order valence-electron chi connectivity index (χ2n) is 8.07. The maximum Gasteiger partial charge on any atom is 0.319 e. The molecule has 1 aromatic rings. The number of piperidine rings is 1. The number of anilines is 2. The molecule has 1 heterocycles. The summed E-state index contributed by atoms with van der Waals surface area (Å²) >= 11 is 0. The van der Waals surface area contributed by atoms with E-state index in [4.69, 9.17) is 0 Å². The Bertz CT molecular complexity index is 599. The lowest BCUT2D eigenvalue weighted by Gasteiger charge is -2.33. The van der Waals surface area contributed by atoms with E-state index in [1.165, 1.54) is 0 Å². The normalized spacial score (nSPS) is 15.5. The first-order valence-electron chi connectivity index (χ1n) is 9.46. The van der Waals surface area contributed by atoms with Gasteiger partial charge in [0.15, 0.2) is 0 Å². The van der Waals surface area contributed by atoms with Crippen LogP contribution >= 0.6 is 0 Å². The fraction of sp³-hybridized carbons (Fsp3) is 0.600. The van der Waals surface area contributed by atoms with Crippen molar-refractivity contribution in [2.45, 2.75) is 40.5 Å². The van der Waals surface area contributed by atoms with Crippen molar-refractivity contribution in [2.24, 2.45) is 11.3 Å². The minimum atomic E-state index is -0.185. The Morgan fingerprint density at radius 3 is 2.23 bits per heavy atom. The summed E-state index contributed by atoms with van der Waals surface area (Å²) in [5.74, 6) is 0.298. The van der Waals surface area contributed by atoms with Gasteiger partial charge in [0.25, 0.3) is 0 Å². The fourth-order valence-electron chi connectivity index (χ4n) is 2.99. The zero-order valence-electron chi connectivity index (χ0n) is 16.4. The van der Waals surface area contributed by atoms with E-state index >= 15 is 0 Å². The van der Waals surface area contributed by atoms with E-state index in [0.717, 1.165) is 37.3 Å². The van der Waals surface area contributed by atoms with E-state index in [1.54, 1.807) is 0 Å². The van der Waals surface area contributed by atoms with Gasteiger partial charge in [-0.05, 0) is 49.4 Å². The largest absolute Gasteiger partial charge is 0.371 e. The molecule has 1 aliphatic heterocycles. The highest BCUT2D eigenvalue weighted by Gasteiger charge is 2.24. The number of urea groups is 1. The molecule has 1 aliphatic rings. The summed E-state index contributed by atoms with van der Waals surface area (Å²) in [5.41, 5.74) is 1.96. The monoisotopic (exact) mass is 360 g/mol. The average Bonchev–Trinajstić information content (AvgIpc) is 2.60. The summed E-state index contributed by atoms with van der Waals surface area (Å²) < 4.78 is 0. The molecule has 1 saturated heterocycles. The zero-order chi connectivity index (χ0) is 19.2. The van der Waals surface area contributed by atoms with E-state index in [-0.39, 0.29) is 23.3 Å². The summed E-state index contributed by atoms with van der Waals surface area (Å²) in [6.45, 7) is 11.3. The van der Waals surface area contributed by atoms with Crippen molar-refractivity contribution in [3.63, 3.8) is 0 Å². The molecule has 0 bridgehead atoms. The predicted octanol–water partition coefficient (Wildman–Crippen LogP) is 3.21. The topological polar surface area (TPSA) is 73.5 Å². The van der Waals surface area contributed by atoms with Crippen LogP contribution in [0.1, 0.15) is 40.5 Å². The molecule has 6 heteroatoms. The van der Waals surface area contributed by atoms with Gasteiger partial charge in [0.1, 0.15) is 0 Å². The summed E-state index contributed by atoms with van der Waals surface area (Å²) in [7, 11) is 0. The lowest BCUT2D eigenvalue weighted by molar-refractivity contribution is -0.125. The Morgan fingerprint density at radius 1 is 1.08 bits per heavy atom. The number of rotatable bonds is 5. The van der Waals surface area contributed by atoms with Crippen LogP contribution in [0.4, 0.5) is 16.2 Å². The molecule has 26 heavy (non-hydrogen) atoms. The van der Waals surface area contributed by atoms with Crippen LogP contribution in [-0.4, -0.2) is 38.1 Å². The number of benzene rings is 1. The molecule has 0 saturated carbocycles. The van der Waals surface area contributed by atoms with Crippen molar-refractivity contribution >= 4 is 23.3 Å². The Kier molecular flexibility index (Phi) is 6.89. The van der Waals surface area contributed by atoms with Gasteiger partial charge < -0.3 is 20.9 Å². The van der Waals surface area contributed by atoms with Crippen molar-refractivity contribution in [2.75, 3.05) is 36.4 Å². The molecule has 144 valence electrons. The third-order valence-corrected chi connectivity index (χ3v) is 4.49. The first-order valence-corrected chi connectivity index (χ1v) is 9.46. The Morgan fingerprint density at radius 2 is 1.69 bits per heavy atom. The SMILES string of the molecule is CCNC(=O)C1CCN(c2ccc(NC(=O)NCC(C)(C)C)cc2)CC1. The minimum absolute atomic E-state index is 0.0569. The molecule has 0 spiro atoms. The summed E-state index contributed by atoms with van der Waals surface area (Å²) in [4.78, 5) is 26.1. The van der Waals surface area contributed by atoms with Crippen LogP contribution < -0.4 is 20.9 Å². The molecular weight excluding hydrogens is 328 g/mol. The van der Waals surface area contributed by atoms with Gasteiger partial charge >= 0.3 is 6.03 Å². The van der Waals surface area contributed by atoms with E-state index in [9.17, 15) is 9.59 Å². The van der Waals surface area contributed by atoms with Crippen molar-refractivity contribution in [1.82, 2.24) is 10.6 Å². The van der Waals surface area contributed by atoms with Crippen LogP contribution in [0.2, 0.25) is 0 Å². The van der Waals surface area contributed by atoms with Crippen LogP contribution in [0.3, 0.4) is 0 Å². The molecule has 3 amide bonds. The van der Waals surface area contributed by atoms with Gasteiger partial charge in [0.05, 0.1) is 0 Å². The molecule has 1 aromatic carbocycles. The molecule has 1 fully saturated rings. The summed E-state index contributed by atoms with van der Waals surface area (Å²) in [5, 5.41) is 8.65. The highest BCUT2D eigenvalue weighted by atomic mass is 16.2. The van der Waals surface area contributed by atoms with Crippen LogP contribution in [-0.2, 0) is 4.79 Å². The molecule has 0 aromatic heterocycles. The lowest BCUT2D eigenvalue weighted by Crippen LogP contribution is -2.40. The third-order valence-electron chi connectivity index (χ3n) is 4.49. The standard InChI is InChI=1S/C20H32N4O2/c1-5-21-18(25)15-10-12-24(13-11-15)17-8-6-16(7-9-17)23-19(26)22-14-20(2,3)4/h6-9,15H,5,10-14H2,1-4H3,(H,21,25)(H2,22,23,26). The van der Waals surface area contributed by atoms with Crippen molar-refractivity contribution in [1.29, 1.82) is 0 Å². The van der Waals surface area contributed by atoms with Gasteiger partial charge in [-0.3, -0.25) is 4.79 Å². The molecule has 3 N–H and O–H groups in total. The fourth-order valence-corrected chi connectivity index (χ4v) is 2.99. The number of carbonyl (C=O) groups excluding carboxylic acids is 2. The second kappa shape index (κ2) is 8.92. The smallest absolute Gasteiger partial charge is 0.319 e. The van der Waals surface area contributed by atoms with Crippen LogP contribution in [0, 0.1) is 11.3 Å². The third kappa shape index (κ3) is 6.24. The van der Waals surface area contributed by atoms with E-state index in [1.807, 2.05) is 31.2 Å². The van der Waals surface area contributed by atoms with Gasteiger partial charge in [0.2, 0.25) is 5.91 Å². The number of carbonyl (C=O) groups is 2. The Balaban J connectivity index is 1.82. The molecule has 6 nitrogen and oxygen atoms in total. The first kappa shape index (κ1) is 20.1. The van der Waals surface area contributed by atoms with Crippen molar-refractivity contribution < 1.29 is 9.59 Å². The second-order valence-corrected chi connectivity index (χ2v) is 8.07. The quantitative estimate of drug-likeness (QED) is 0.755. The maximum atomic E-state index is 11.9. The first-order chi connectivity index (χ1) is 12.3. The van der Waals surface area contributed by atoms with Crippen LogP contribution in [0.25, 0.3) is 0 Å². The van der Waals surface area contributed by atoms with E-state index in [0.29, 0.717) is 13.1 Å². The number of nitrogens with zero attached hydrogens (tertiary/aromatic N) is 1. The van der Waals surface area contributed by atoms with Crippen molar-refractivity contribution in [3.05, 3.63) is 24.3 Å². The summed E-state index contributed by atoms with van der Waals surface area (Å²) in [6, 6.07) is 7.69. The lowest BCUT2D eigenvalue weighted by atomic mass is 9.95. The van der Waals surface area contributed by atoms with Crippen molar-refractivity contribution in [3.8, 4) is 0 Å². The summed E-state index contributed by atoms with van der Waals surface area (Å²) in [6.07, 6.45) is 1.75. The highest BCUT2D eigenvalue weighted by molar-refractivity contribution is 5.89. The number of hydrogen-bond donors (Lipinski definition) is 3. The van der Waals surface area contributed by atoms with Gasteiger partial charge in [-0.15, -0.1) is 0 Å². The van der Waals surface area contributed by atoms with Crippen LogP contribution in [0.15, 0.2) is 24.3 Å². The Hall–Kier alpha value is -2.24. The zero-order valence-corrected chi connectivity index (χ0v) is 16.4. The number of amides is 3. The van der Waals surface area contributed by atoms with E-state index < -0.39 is 0 Å².